The highest BCUT2D eigenvalue weighted by Gasteiger charge is 2.33. The van der Waals surface area contributed by atoms with Gasteiger partial charge in [0.15, 0.2) is 0 Å². The molecule has 2 heterocycles. The standard InChI is InChI=1S/C27H15BrN2O3/c1-10-8-16-11(2)29-25(31)14-6-4-13-22-18(28)9-17-21-15(26(32)30(3)27(17)33)7-5-12(24(21)22)19(10)23(13)20(14)16/h4-9H,2H2,1,3H3,(H,29,31). The number of carbonyl (C=O) groups is 2. The lowest BCUT2D eigenvalue weighted by Crippen LogP contribution is -2.37. The molecule has 0 aliphatic carbocycles. The summed E-state index contributed by atoms with van der Waals surface area (Å²) in [6, 6.07) is 11.5. The Kier molecular flexibility index (Phi) is 3.28. The van der Waals surface area contributed by atoms with Crippen molar-refractivity contribution in [1.29, 1.82) is 0 Å². The summed E-state index contributed by atoms with van der Waals surface area (Å²) >= 11 is 3.72. The fourth-order valence-electron chi connectivity index (χ4n) is 5.76. The van der Waals surface area contributed by atoms with Gasteiger partial charge in [-0.3, -0.25) is 19.3 Å². The summed E-state index contributed by atoms with van der Waals surface area (Å²) in [4.78, 5) is 42.8. The molecule has 6 heteroatoms. The molecular weight excluding hydrogens is 480 g/mol. The molecule has 1 aliphatic heterocycles. The lowest BCUT2D eigenvalue weighted by molar-refractivity contribution is 0.0650. The van der Waals surface area contributed by atoms with E-state index in [2.05, 4.69) is 33.6 Å². The normalized spacial score (nSPS) is 14.2. The van der Waals surface area contributed by atoms with E-state index >= 15 is 0 Å². The van der Waals surface area contributed by atoms with E-state index in [1.165, 1.54) is 11.9 Å². The summed E-state index contributed by atoms with van der Waals surface area (Å²) < 4.78 is 0.780. The van der Waals surface area contributed by atoms with E-state index in [1.807, 2.05) is 37.3 Å². The Bertz CT molecular complexity index is 2040. The highest BCUT2D eigenvalue weighted by atomic mass is 79.9. The Balaban J connectivity index is 1.91. The molecule has 1 aromatic heterocycles. The van der Waals surface area contributed by atoms with Crippen LogP contribution in [0, 0.1) is 6.92 Å². The molecule has 0 radical (unpaired) electrons. The van der Waals surface area contributed by atoms with Crippen molar-refractivity contribution in [2.24, 2.45) is 0 Å². The predicted molar refractivity (Wildman–Crippen MR) is 135 cm³/mol. The van der Waals surface area contributed by atoms with Crippen LogP contribution in [0.25, 0.3) is 60.4 Å². The van der Waals surface area contributed by atoms with E-state index in [4.69, 9.17) is 0 Å². The second-order valence-electron chi connectivity index (χ2n) is 8.82. The molecule has 7 rings (SSSR count). The molecule has 0 atom stereocenters. The van der Waals surface area contributed by atoms with Gasteiger partial charge < -0.3 is 4.98 Å². The van der Waals surface area contributed by atoms with Crippen LogP contribution in [-0.2, 0) is 0 Å². The maximum absolute atomic E-state index is 13.0. The first kappa shape index (κ1) is 18.8. The topological polar surface area (TPSA) is 70.2 Å². The number of H-pyrrole nitrogens is 1. The van der Waals surface area contributed by atoms with Crippen LogP contribution < -0.4 is 10.9 Å². The number of hydrogen-bond acceptors (Lipinski definition) is 3. The second kappa shape index (κ2) is 5.77. The van der Waals surface area contributed by atoms with Gasteiger partial charge >= 0.3 is 0 Å². The zero-order valence-corrected chi connectivity index (χ0v) is 19.3. The third-order valence-corrected chi connectivity index (χ3v) is 7.78. The molecule has 1 N–H and O–H groups in total. The molecule has 6 aromatic rings. The van der Waals surface area contributed by atoms with Crippen LogP contribution in [0.15, 0.2) is 45.7 Å². The van der Waals surface area contributed by atoms with Crippen LogP contribution in [-0.4, -0.2) is 28.7 Å². The van der Waals surface area contributed by atoms with Gasteiger partial charge in [-0.2, -0.15) is 0 Å². The van der Waals surface area contributed by atoms with Gasteiger partial charge in [0.2, 0.25) is 0 Å². The van der Waals surface area contributed by atoms with E-state index in [0.29, 0.717) is 27.2 Å². The number of aryl methyl sites for hydroxylation is 1. The van der Waals surface area contributed by atoms with Gasteiger partial charge in [0.25, 0.3) is 17.4 Å². The van der Waals surface area contributed by atoms with Crippen LogP contribution in [0.1, 0.15) is 26.3 Å². The number of amides is 2. The molecule has 33 heavy (non-hydrogen) atoms. The minimum absolute atomic E-state index is 0.164. The molecule has 0 fully saturated rings. The van der Waals surface area contributed by atoms with Gasteiger partial charge in [-0.25, -0.2) is 0 Å². The number of aromatic amines is 1. The highest BCUT2D eigenvalue weighted by molar-refractivity contribution is 9.10. The molecule has 5 nitrogen and oxygen atoms in total. The van der Waals surface area contributed by atoms with Gasteiger partial charge in [0.05, 0.1) is 0 Å². The smallest absolute Gasteiger partial charge is 0.261 e. The number of fused-ring (bicyclic) bond motifs is 2. The number of rotatable bonds is 0. The Labute approximate surface area is 194 Å². The van der Waals surface area contributed by atoms with E-state index in [-0.39, 0.29) is 17.4 Å². The fourth-order valence-corrected chi connectivity index (χ4v) is 6.40. The van der Waals surface area contributed by atoms with Crippen molar-refractivity contribution in [2.45, 2.75) is 6.92 Å². The van der Waals surface area contributed by atoms with Crippen molar-refractivity contribution in [2.75, 3.05) is 7.05 Å². The van der Waals surface area contributed by atoms with Gasteiger partial charge in [-0.1, -0.05) is 34.6 Å². The molecular formula is C27H15BrN2O3. The minimum Gasteiger partial charge on any atom is -0.322 e. The molecule has 0 bridgehead atoms. The molecule has 0 saturated heterocycles. The first-order valence-corrected chi connectivity index (χ1v) is 11.3. The Hall–Kier alpha value is -3.77. The number of benzene rings is 5. The van der Waals surface area contributed by atoms with Crippen LogP contribution >= 0.6 is 15.9 Å². The van der Waals surface area contributed by atoms with E-state index in [0.717, 1.165) is 53.1 Å². The summed E-state index contributed by atoms with van der Waals surface area (Å²) in [5, 5.41) is 9.49. The fraction of sp³-hybridized carbons (Fsp3) is 0.0741. The first-order valence-electron chi connectivity index (χ1n) is 10.5. The Morgan fingerprint density at radius 2 is 1.39 bits per heavy atom. The average Bonchev–Trinajstić information content (AvgIpc) is 2.79. The Morgan fingerprint density at radius 3 is 2.18 bits per heavy atom. The van der Waals surface area contributed by atoms with Gasteiger partial charge in [-0.15, -0.1) is 0 Å². The lowest BCUT2D eigenvalue weighted by Gasteiger charge is -2.27. The lowest BCUT2D eigenvalue weighted by atomic mass is 9.82. The second-order valence-corrected chi connectivity index (χ2v) is 9.67. The van der Waals surface area contributed by atoms with Crippen molar-refractivity contribution in [1.82, 2.24) is 9.88 Å². The summed E-state index contributed by atoms with van der Waals surface area (Å²) in [6.45, 7) is 6.12. The van der Waals surface area contributed by atoms with Gasteiger partial charge in [0.1, 0.15) is 0 Å². The molecule has 158 valence electrons. The quantitative estimate of drug-likeness (QED) is 0.183. The third-order valence-electron chi connectivity index (χ3n) is 7.16. The summed E-state index contributed by atoms with van der Waals surface area (Å²) in [5.41, 5.74) is 1.92. The highest BCUT2D eigenvalue weighted by Crippen LogP contribution is 2.48. The van der Waals surface area contributed by atoms with Crippen LogP contribution in [0.4, 0.5) is 0 Å². The van der Waals surface area contributed by atoms with Crippen molar-refractivity contribution < 1.29 is 9.59 Å². The van der Waals surface area contributed by atoms with Crippen molar-refractivity contribution in [3.8, 4) is 0 Å². The SMILES string of the molecule is C=c1[nH]c(=O)c2ccc3c4c(Br)cc5c6c(ccc(c7c(C)cc1c2c37)c64)C(=O)N(C)C5=O. The van der Waals surface area contributed by atoms with Crippen molar-refractivity contribution >= 4 is 88.2 Å². The number of carbonyl (C=O) groups excluding carboxylic acids is 2. The number of nitrogens with one attached hydrogen (secondary N) is 1. The van der Waals surface area contributed by atoms with E-state index in [9.17, 15) is 14.4 Å². The summed E-state index contributed by atoms with van der Waals surface area (Å²) in [7, 11) is 1.51. The average molecular weight is 495 g/mol. The number of halogens is 1. The molecule has 0 saturated carbocycles. The maximum Gasteiger partial charge on any atom is 0.261 e. The zero-order valence-electron chi connectivity index (χ0n) is 17.7. The largest absolute Gasteiger partial charge is 0.322 e. The van der Waals surface area contributed by atoms with Crippen LogP contribution in [0.5, 0.6) is 0 Å². The molecule has 0 spiro atoms. The zero-order chi connectivity index (χ0) is 22.9. The van der Waals surface area contributed by atoms with Gasteiger partial charge in [-0.05, 0) is 58.3 Å². The predicted octanol–water partition coefficient (Wildman–Crippen LogP) is 5.00. The van der Waals surface area contributed by atoms with Crippen molar-refractivity contribution in [3.63, 3.8) is 0 Å². The van der Waals surface area contributed by atoms with E-state index < -0.39 is 0 Å². The monoisotopic (exact) mass is 494 g/mol. The Morgan fingerprint density at radius 1 is 0.758 bits per heavy atom. The third kappa shape index (κ3) is 2.01. The van der Waals surface area contributed by atoms with E-state index in [1.54, 1.807) is 0 Å². The summed E-state index contributed by atoms with van der Waals surface area (Å²) in [5.74, 6) is -0.606. The number of imide groups is 1. The summed E-state index contributed by atoms with van der Waals surface area (Å²) in [6.07, 6.45) is 0. The molecule has 5 aromatic carbocycles. The molecule has 0 unspecified atom stereocenters. The molecule has 1 aliphatic rings. The number of nitrogens with zero attached hydrogens (tertiary/aromatic N) is 1. The number of hydrogen-bond donors (Lipinski definition) is 1. The van der Waals surface area contributed by atoms with Gasteiger partial charge in [0, 0.05) is 60.3 Å². The maximum atomic E-state index is 13.0. The van der Waals surface area contributed by atoms with Crippen LogP contribution in [0.2, 0.25) is 0 Å². The van der Waals surface area contributed by atoms with Crippen LogP contribution in [0.3, 0.4) is 0 Å². The van der Waals surface area contributed by atoms with Crippen molar-refractivity contribution in [3.05, 3.63) is 73.3 Å². The minimum atomic E-state index is -0.308. The first-order chi connectivity index (χ1) is 15.8. The number of aromatic nitrogens is 1. The number of pyridine rings is 1. The molecule has 2 amide bonds.